The highest BCUT2D eigenvalue weighted by Gasteiger charge is 2.98. The predicted octanol–water partition coefficient (Wildman–Crippen LogP) is 2.99. The number of aliphatic imine (C=N–C) groups is 1. The van der Waals surface area contributed by atoms with Crippen LogP contribution in [0.5, 0.6) is 0 Å². The van der Waals surface area contributed by atoms with Crippen molar-refractivity contribution >= 4 is 17.7 Å². The fourth-order valence-corrected chi connectivity index (χ4v) is 8.06. The quantitative estimate of drug-likeness (QED) is 0.670. The van der Waals surface area contributed by atoms with Gasteiger partial charge in [-0.3, -0.25) is 9.79 Å². The zero-order valence-corrected chi connectivity index (χ0v) is 21.6. The normalized spacial score (nSPS) is 36.1. The summed E-state index contributed by atoms with van der Waals surface area (Å²) >= 11 is 0. The summed E-state index contributed by atoms with van der Waals surface area (Å²) < 4.78 is 10.8. The molecule has 1 saturated heterocycles. The number of carbonyl (C=O) groups is 2. The number of nitrogens with zero attached hydrogens (tertiary/aromatic N) is 2. The van der Waals surface area contributed by atoms with E-state index in [4.69, 9.17) is 25.9 Å². The second kappa shape index (κ2) is 7.34. The fraction of sp³-hybridized carbons (Fsp3) is 0.607. The lowest BCUT2D eigenvalue weighted by Crippen LogP contribution is -2.49. The summed E-state index contributed by atoms with van der Waals surface area (Å²) in [5.74, 6) is 0.128. The van der Waals surface area contributed by atoms with Crippen LogP contribution in [0.2, 0.25) is 0 Å². The molecule has 4 N–H and O–H groups in total. The third-order valence-electron chi connectivity index (χ3n) is 9.39. The Morgan fingerprint density at radius 2 is 1.89 bits per heavy atom. The average molecular weight is 493 g/mol. The standard InChI is InChI=1S/C28H36N4O4/c1-25(2,3)36-24(34)32-10-9-26(15-32)12-27(13-26)22-19-20(29)18(23(30)33)21(31-14-28(19,22)27)17-7-5-16(6-8-17)11-35-4/h5-8,19,22H,9-15,29H2,1-4H3,(H2,30,33). The summed E-state index contributed by atoms with van der Waals surface area (Å²) in [6.45, 7) is 8.41. The second-order valence-electron chi connectivity index (χ2n) is 12.6. The zero-order valence-electron chi connectivity index (χ0n) is 21.6. The summed E-state index contributed by atoms with van der Waals surface area (Å²) in [5.41, 5.74) is 16.0. The van der Waals surface area contributed by atoms with Crippen LogP contribution in [-0.4, -0.2) is 55.0 Å². The summed E-state index contributed by atoms with van der Waals surface area (Å²) in [7, 11) is 1.66. The van der Waals surface area contributed by atoms with Gasteiger partial charge >= 0.3 is 6.09 Å². The SMILES string of the molecule is COCc1ccc(C2=NCC34C(C(N)=C2C(N)=O)C3C42CC3(CCN(C(=O)OC(C)(C)C)C3)C2)cc1. The number of benzene rings is 1. The number of fused-ring (bicyclic) bond motifs is 2. The van der Waals surface area contributed by atoms with Gasteiger partial charge in [0, 0.05) is 49.3 Å². The smallest absolute Gasteiger partial charge is 0.410 e. The van der Waals surface area contributed by atoms with Crippen molar-refractivity contribution in [3.63, 3.8) is 0 Å². The number of allylic oxidation sites excluding steroid dienone is 1. The molecule has 8 heteroatoms. The van der Waals surface area contributed by atoms with Crippen molar-refractivity contribution in [3.8, 4) is 0 Å². The van der Waals surface area contributed by atoms with E-state index in [-0.39, 0.29) is 28.3 Å². The number of rotatable bonds is 4. The van der Waals surface area contributed by atoms with E-state index < -0.39 is 11.5 Å². The molecule has 3 unspecified atom stereocenters. The Balaban J connectivity index is 1.20. The van der Waals surface area contributed by atoms with Gasteiger partial charge in [-0.15, -0.1) is 0 Å². The number of hydrogen-bond acceptors (Lipinski definition) is 6. The van der Waals surface area contributed by atoms with Crippen molar-refractivity contribution in [2.75, 3.05) is 26.7 Å². The van der Waals surface area contributed by atoms with Crippen LogP contribution in [0.1, 0.15) is 51.2 Å². The van der Waals surface area contributed by atoms with E-state index in [1.165, 1.54) is 0 Å². The topological polar surface area (TPSA) is 120 Å². The van der Waals surface area contributed by atoms with E-state index in [2.05, 4.69) is 0 Å². The molecule has 2 amide bonds. The molecule has 3 saturated carbocycles. The van der Waals surface area contributed by atoms with Gasteiger partial charge in [0.25, 0.3) is 5.91 Å². The van der Waals surface area contributed by atoms with E-state index in [0.29, 0.717) is 36.1 Å². The largest absolute Gasteiger partial charge is 0.444 e. The average Bonchev–Trinajstić information content (AvgIpc) is 3.53. The fourth-order valence-electron chi connectivity index (χ4n) is 8.06. The summed E-state index contributed by atoms with van der Waals surface area (Å²) in [6.07, 6.45) is 2.99. The molecule has 36 heavy (non-hydrogen) atoms. The highest BCUT2D eigenvalue weighted by Crippen LogP contribution is 3.00. The third-order valence-corrected chi connectivity index (χ3v) is 9.39. The molecule has 1 aromatic rings. The number of likely N-dealkylation sites (tertiary alicyclic amines) is 1. The molecular weight excluding hydrogens is 456 g/mol. The van der Waals surface area contributed by atoms with Crippen molar-refractivity contribution in [2.45, 2.75) is 52.2 Å². The van der Waals surface area contributed by atoms with Crippen molar-refractivity contribution in [1.29, 1.82) is 0 Å². The minimum absolute atomic E-state index is 0.0418. The molecule has 3 spiro atoms. The molecule has 2 aliphatic heterocycles. The Labute approximate surface area is 212 Å². The second-order valence-corrected chi connectivity index (χ2v) is 12.6. The number of amides is 2. The van der Waals surface area contributed by atoms with Gasteiger partial charge in [-0.05, 0) is 62.3 Å². The maximum absolute atomic E-state index is 12.6. The third kappa shape index (κ3) is 3.12. The Morgan fingerprint density at radius 3 is 2.50 bits per heavy atom. The van der Waals surface area contributed by atoms with Crippen LogP contribution in [0.15, 0.2) is 40.5 Å². The number of primary amides is 1. The maximum Gasteiger partial charge on any atom is 0.410 e. The van der Waals surface area contributed by atoms with E-state index in [9.17, 15) is 9.59 Å². The van der Waals surface area contributed by atoms with Gasteiger partial charge in [0.2, 0.25) is 0 Å². The zero-order chi connectivity index (χ0) is 25.7. The lowest BCUT2D eigenvalue weighted by atomic mass is 9.52. The molecule has 8 nitrogen and oxygen atoms in total. The van der Waals surface area contributed by atoms with Crippen LogP contribution in [0.4, 0.5) is 4.79 Å². The molecule has 2 heterocycles. The predicted molar refractivity (Wildman–Crippen MR) is 135 cm³/mol. The molecular formula is C28H36N4O4. The molecule has 6 rings (SSSR count). The van der Waals surface area contributed by atoms with Crippen LogP contribution in [0.25, 0.3) is 0 Å². The summed E-state index contributed by atoms with van der Waals surface area (Å²) in [5, 5.41) is 0. The first-order valence-electron chi connectivity index (χ1n) is 12.9. The van der Waals surface area contributed by atoms with Crippen LogP contribution in [0, 0.1) is 28.1 Å². The highest BCUT2D eigenvalue weighted by atomic mass is 16.6. The molecule has 0 aromatic heterocycles. The number of nitrogens with two attached hydrogens (primary N) is 2. The first-order chi connectivity index (χ1) is 17.0. The van der Waals surface area contributed by atoms with Gasteiger partial charge in [0.1, 0.15) is 5.60 Å². The number of hydrogen-bond donors (Lipinski definition) is 2. The van der Waals surface area contributed by atoms with Gasteiger partial charge < -0.3 is 25.8 Å². The molecule has 1 aromatic carbocycles. The monoisotopic (exact) mass is 492 g/mol. The Morgan fingerprint density at radius 1 is 1.19 bits per heavy atom. The molecule has 4 fully saturated rings. The maximum atomic E-state index is 12.6. The van der Waals surface area contributed by atoms with Crippen molar-refractivity contribution in [3.05, 3.63) is 46.7 Å². The van der Waals surface area contributed by atoms with Gasteiger partial charge in [0.05, 0.1) is 17.9 Å². The van der Waals surface area contributed by atoms with Gasteiger partial charge in [-0.1, -0.05) is 24.3 Å². The van der Waals surface area contributed by atoms with E-state index >= 15 is 0 Å². The van der Waals surface area contributed by atoms with E-state index in [1.807, 2.05) is 49.9 Å². The van der Waals surface area contributed by atoms with Crippen LogP contribution in [0.3, 0.4) is 0 Å². The van der Waals surface area contributed by atoms with Crippen molar-refractivity contribution in [1.82, 2.24) is 4.90 Å². The van der Waals surface area contributed by atoms with Gasteiger partial charge in [-0.2, -0.15) is 0 Å². The number of methoxy groups -OCH3 is 1. The Bertz CT molecular complexity index is 1200. The number of carbonyl (C=O) groups excluding carboxylic acids is 2. The molecule has 3 atom stereocenters. The van der Waals surface area contributed by atoms with Crippen molar-refractivity contribution in [2.24, 2.45) is 44.5 Å². The molecule has 0 bridgehead atoms. The molecule has 192 valence electrons. The Kier molecular flexibility index (Phi) is 4.80. The lowest BCUT2D eigenvalue weighted by molar-refractivity contribution is -0.114. The van der Waals surface area contributed by atoms with Gasteiger partial charge in [0.15, 0.2) is 0 Å². The number of ether oxygens (including phenoxy) is 2. The van der Waals surface area contributed by atoms with E-state index in [0.717, 1.165) is 43.5 Å². The van der Waals surface area contributed by atoms with Crippen LogP contribution >= 0.6 is 0 Å². The molecule has 3 aliphatic carbocycles. The minimum atomic E-state index is -0.515. The first-order valence-corrected chi connectivity index (χ1v) is 12.9. The van der Waals surface area contributed by atoms with Crippen LogP contribution < -0.4 is 11.5 Å². The van der Waals surface area contributed by atoms with Crippen LogP contribution in [-0.2, 0) is 20.9 Å². The Hall–Kier alpha value is -2.87. The summed E-state index contributed by atoms with van der Waals surface area (Å²) in [6, 6.07) is 7.88. The minimum Gasteiger partial charge on any atom is -0.444 e. The van der Waals surface area contributed by atoms with E-state index in [1.54, 1.807) is 7.11 Å². The van der Waals surface area contributed by atoms with Gasteiger partial charge in [-0.25, -0.2) is 4.79 Å². The molecule has 5 aliphatic rings. The lowest BCUT2D eigenvalue weighted by Gasteiger charge is -2.52. The summed E-state index contributed by atoms with van der Waals surface area (Å²) in [4.78, 5) is 32.0. The first kappa shape index (κ1) is 23.5. The van der Waals surface area contributed by atoms with Crippen molar-refractivity contribution < 1.29 is 19.1 Å². The molecule has 0 radical (unpaired) electrons. The highest BCUT2D eigenvalue weighted by molar-refractivity contribution is 6.28.